The van der Waals surface area contributed by atoms with E-state index in [9.17, 15) is 14.7 Å². The molecule has 0 spiro atoms. The van der Waals surface area contributed by atoms with Crippen molar-refractivity contribution in [3.63, 3.8) is 0 Å². The Bertz CT molecular complexity index is 511. The van der Waals surface area contributed by atoms with E-state index in [1.54, 1.807) is 20.8 Å². The van der Waals surface area contributed by atoms with Gasteiger partial charge in [-0.3, -0.25) is 4.79 Å². The lowest BCUT2D eigenvalue weighted by molar-refractivity contribution is -0.124. The fourth-order valence-corrected chi connectivity index (χ4v) is 1.82. The smallest absolute Gasteiger partial charge is 0.408 e. The van der Waals surface area contributed by atoms with Gasteiger partial charge in [-0.1, -0.05) is 28.1 Å². The lowest BCUT2D eigenvalue weighted by Gasteiger charge is -2.22. The molecule has 3 N–H and O–H groups in total. The van der Waals surface area contributed by atoms with Gasteiger partial charge in [0.05, 0.1) is 6.61 Å². The van der Waals surface area contributed by atoms with Crippen molar-refractivity contribution >= 4 is 27.9 Å². The summed E-state index contributed by atoms with van der Waals surface area (Å²) >= 11 is 3.33. The molecule has 1 aromatic rings. The van der Waals surface area contributed by atoms with Gasteiger partial charge in [0.2, 0.25) is 5.91 Å². The van der Waals surface area contributed by atoms with E-state index in [2.05, 4.69) is 26.6 Å². The molecule has 122 valence electrons. The van der Waals surface area contributed by atoms with Crippen molar-refractivity contribution in [1.82, 2.24) is 10.6 Å². The molecule has 2 amide bonds. The average Bonchev–Trinajstić information content (AvgIpc) is 2.42. The maximum Gasteiger partial charge on any atom is 0.408 e. The van der Waals surface area contributed by atoms with Crippen LogP contribution in [0.3, 0.4) is 0 Å². The third-order valence-electron chi connectivity index (χ3n) is 2.57. The Balaban J connectivity index is 2.50. The van der Waals surface area contributed by atoms with Crippen LogP contribution in [0.2, 0.25) is 0 Å². The van der Waals surface area contributed by atoms with Crippen molar-refractivity contribution in [1.29, 1.82) is 0 Å². The largest absolute Gasteiger partial charge is 0.444 e. The SMILES string of the molecule is CC(C)(C)OC(=O)N[C@H](CO)C(=O)NCc1ccc(Br)cc1. The molecule has 0 aliphatic rings. The quantitative estimate of drug-likeness (QED) is 0.736. The van der Waals surface area contributed by atoms with Crippen LogP contribution in [0.25, 0.3) is 0 Å². The van der Waals surface area contributed by atoms with Crippen molar-refractivity contribution < 1.29 is 19.4 Å². The van der Waals surface area contributed by atoms with Crippen LogP contribution in [-0.4, -0.2) is 35.4 Å². The first-order chi connectivity index (χ1) is 10.2. The monoisotopic (exact) mass is 372 g/mol. The van der Waals surface area contributed by atoms with Crippen molar-refractivity contribution in [3.8, 4) is 0 Å². The number of alkyl carbamates (subject to hydrolysis) is 1. The molecule has 0 aliphatic carbocycles. The minimum absolute atomic E-state index is 0.304. The summed E-state index contributed by atoms with van der Waals surface area (Å²) in [6, 6.07) is 6.40. The van der Waals surface area contributed by atoms with E-state index in [1.807, 2.05) is 24.3 Å². The molecule has 0 aliphatic heterocycles. The molecule has 22 heavy (non-hydrogen) atoms. The van der Waals surface area contributed by atoms with Gasteiger partial charge in [0.1, 0.15) is 11.6 Å². The second kappa shape index (κ2) is 8.14. The first-order valence-electron chi connectivity index (χ1n) is 6.84. The van der Waals surface area contributed by atoms with E-state index in [0.717, 1.165) is 10.0 Å². The van der Waals surface area contributed by atoms with E-state index < -0.39 is 30.3 Å². The Morgan fingerprint density at radius 1 is 1.27 bits per heavy atom. The molecule has 0 bridgehead atoms. The van der Waals surface area contributed by atoms with Crippen LogP contribution in [0.15, 0.2) is 28.7 Å². The van der Waals surface area contributed by atoms with Gasteiger partial charge in [0.25, 0.3) is 0 Å². The Morgan fingerprint density at radius 3 is 2.36 bits per heavy atom. The summed E-state index contributed by atoms with van der Waals surface area (Å²) in [4.78, 5) is 23.6. The van der Waals surface area contributed by atoms with Crippen LogP contribution in [0.5, 0.6) is 0 Å². The predicted molar refractivity (Wildman–Crippen MR) is 86.2 cm³/mol. The summed E-state index contributed by atoms with van der Waals surface area (Å²) in [5.41, 5.74) is 0.239. The van der Waals surface area contributed by atoms with Crippen LogP contribution >= 0.6 is 15.9 Å². The van der Waals surface area contributed by atoms with Gasteiger partial charge < -0.3 is 20.5 Å². The van der Waals surface area contributed by atoms with Gasteiger partial charge in [-0.15, -0.1) is 0 Å². The molecule has 0 saturated heterocycles. The van der Waals surface area contributed by atoms with Gasteiger partial charge in [-0.25, -0.2) is 4.79 Å². The summed E-state index contributed by atoms with van der Waals surface area (Å²) in [5, 5.41) is 14.2. The number of benzene rings is 1. The predicted octanol–water partition coefficient (Wildman–Crippen LogP) is 1.95. The van der Waals surface area contributed by atoms with E-state index >= 15 is 0 Å². The van der Waals surface area contributed by atoms with Crippen molar-refractivity contribution in [2.24, 2.45) is 0 Å². The number of hydrogen-bond acceptors (Lipinski definition) is 4. The van der Waals surface area contributed by atoms with Crippen LogP contribution < -0.4 is 10.6 Å². The Kier molecular flexibility index (Phi) is 6.83. The maximum atomic E-state index is 12.0. The number of amides is 2. The second-order valence-corrected chi connectivity index (χ2v) is 6.64. The summed E-state index contributed by atoms with van der Waals surface area (Å²) < 4.78 is 6.00. The number of aliphatic hydroxyl groups excluding tert-OH is 1. The number of nitrogens with one attached hydrogen (secondary N) is 2. The van der Waals surface area contributed by atoms with Crippen LogP contribution in [0, 0.1) is 0 Å². The van der Waals surface area contributed by atoms with Gasteiger partial charge in [-0.05, 0) is 38.5 Å². The zero-order valence-corrected chi connectivity index (χ0v) is 14.4. The fourth-order valence-electron chi connectivity index (χ4n) is 1.56. The first kappa shape index (κ1) is 18.4. The minimum Gasteiger partial charge on any atom is -0.444 e. The van der Waals surface area contributed by atoms with Gasteiger partial charge >= 0.3 is 6.09 Å². The van der Waals surface area contributed by atoms with Crippen molar-refractivity contribution in [2.45, 2.75) is 39.0 Å². The summed E-state index contributed by atoms with van der Waals surface area (Å²) in [7, 11) is 0. The van der Waals surface area contributed by atoms with E-state index in [4.69, 9.17) is 4.74 Å². The Morgan fingerprint density at radius 2 is 1.86 bits per heavy atom. The average molecular weight is 373 g/mol. The molecule has 0 saturated carbocycles. The van der Waals surface area contributed by atoms with Gasteiger partial charge in [-0.2, -0.15) is 0 Å². The highest BCUT2D eigenvalue weighted by atomic mass is 79.9. The highest BCUT2D eigenvalue weighted by Gasteiger charge is 2.23. The summed E-state index contributed by atoms with van der Waals surface area (Å²) in [5.74, 6) is -0.476. The number of ether oxygens (including phenoxy) is 1. The van der Waals surface area contributed by atoms with Crippen LogP contribution in [0.4, 0.5) is 4.79 Å². The van der Waals surface area contributed by atoms with Crippen LogP contribution in [0.1, 0.15) is 26.3 Å². The summed E-state index contributed by atoms with van der Waals surface area (Å²) in [6.45, 7) is 4.94. The molecule has 6 nitrogen and oxygen atoms in total. The highest BCUT2D eigenvalue weighted by Crippen LogP contribution is 2.10. The molecule has 7 heteroatoms. The Hall–Kier alpha value is -1.60. The third kappa shape index (κ3) is 6.91. The second-order valence-electron chi connectivity index (χ2n) is 5.73. The maximum absolute atomic E-state index is 12.0. The van der Waals surface area contributed by atoms with Gasteiger partial charge in [0, 0.05) is 11.0 Å². The van der Waals surface area contributed by atoms with Crippen LogP contribution in [-0.2, 0) is 16.1 Å². The number of carbonyl (C=O) groups is 2. The molecular weight excluding hydrogens is 352 g/mol. The molecule has 0 heterocycles. The number of carbonyl (C=O) groups excluding carboxylic acids is 2. The third-order valence-corrected chi connectivity index (χ3v) is 3.10. The van der Waals surface area contributed by atoms with E-state index in [1.165, 1.54) is 0 Å². The topological polar surface area (TPSA) is 87.7 Å². The van der Waals surface area contributed by atoms with E-state index in [0.29, 0.717) is 6.54 Å². The lowest BCUT2D eigenvalue weighted by Crippen LogP contribution is -2.49. The highest BCUT2D eigenvalue weighted by molar-refractivity contribution is 9.10. The summed E-state index contributed by atoms with van der Waals surface area (Å²) in [6.07, 6.45) is -0.745. The minimum atomic E-state index is -1.05. The van der Waals surface area contributed by atoms with E-state index in [-0.39, 0.29) is 0 Å². The Labute approximate surface area is 138 Å². The fraction of sp³-hybridized carbons (Fsp3) is 0.467. The number of rotatable bonds is 5. The zero-order chi connectivity index (χ0) is 16.8. The lowest BCUT2D eigenvalue weighted by atomic mass is 10.2. The molecule has 0 radical (unpaired) electrons. The van der Waals surface area contributed by atoms with Gasteiger partial charge in [0.15, 0.2) is 0 Å². The normalized spacial score (nSPS) is 12.4. The molecular formula is C15H21BrN2O4. The molecule has 1 aromatic carbocycles. The first-order valence-corrected chi connectivity index (χ1v) is 7.63. The zero-order valence-electron chi connectivity index (χ0n) is 12.9. The molecule has 0 aromatic heterocycles. The molecule has 0 unspecified atom stereocenters. The number of aliphatic hydroxyl groups is 1. The molecule has 0 fully saturated rings. The van der Waals surface area contributed by atoms with Crippen molar-refractivity contribution in [2.75, 3.05) is 6.61 Å². The van der Waals surface area contributed by atoms with Crippen molar-refractivity contribution in [3.05, 3.63) is 34.3 Å². The molecule has 1 rings (SSSR count). The standard InChI is InChI=1S/C15H21BrN2O4/c1-15(2,3)22-14(21)18-12(9-19)13(20)17-8-10-4-6-11(16)7-5-10/h4-7,12,19H,8-9H2,1-3H3,(H,17,20)(H,18,21)/t12-/m1/s1. The number of hydrogen-bond donors (Lipinski definition) is 3. The molecule has 1 atom stereocenters. The number of halogens is 1.